The molecule has 0 spiro atoms. The van der Waals surface area contributed by atoms with Crippen LogP contribution in [-0.2, 0) is 11.8 Å². The fourth-order valence-electron chi connectivity index (χ4n) is 4.69. The van der Waals surface area contributed by atoms with Gasteiger partial charge in [0.15, 0.2) is 0 Å². The molecule has 5 nitrogen and oxygen atoms in total. The fraction of sp³-hybridized carbons (Fsp3) is 0.500. The summed E-state index contributed by atoms with van der Waals surface area (Å²) in [5.41, 5.74) is 4.41. The normalized spacial score (nSPS) is 17.9. The van der Waals surface area contributed by atoms with Crippen LogP contribution in [0.3, 0.4) is 0 Å². The Morgan fingerprint density at radius 2 is 1.94 bits per heavy atom. The number of imidazole rings is 1. The van der Waals surface area contributed by atoms with Gasteiger partial charge in [-0.3, -0.25) is 4.79 Å². The first kappa shape index (κ1) is 21.7. The number of fused-ring (bicyclic) bond motifs is 1. The van der Waals surface area contributed by atoms with Crippen molar-refractivity contribution >= 4 is 11.0 Å². The minimum absolute atomic E-state index is 0.00886. The van der Waals surface area contributed by atoms with Gasteiger partial charge in [0.25, 0.3) is 5.56 Å². The van der Waals surface area contributed by atoms with Crippen LogP contribution >= 0.6 is 0 Å². The largest absolute Gasteiger partial charge is 0.383 e. The first-order valence-corrected chi connectivity index (χ1v) is 10.8. The van der Waals surface area contributed by atoms with E-state index < -0.39 is 5.92 Å². The highest BCUT2D eigenvalue weighted by Gasteiger charge is 2.37. The van der Waals surface area contributed by atoms with E-state index in [1.54, 1.807) is 18.7 Å². The summed E-state index contributed by atoms with van der Waals surface area (Å²) in [7, 11) is 3.41. The van der Waals surface area contributed by atoms with Crippen LogP contribution in [0.25, 0.3) is 22.2 Å². The van der Waals surface area contributed by atoms with Gasteiger partial charge in [-0.15, -0.1) is 0 Å². The maximum atomic E-state index is 13.7. The third-order valence-corrected chi connectivity index (χ3v) is 6.34. The Balaban J connectivity index is 1.83. The minimum Gasteiger partial charge on any atom is -0.383 e. The number of alkyl halides is 2. The zero-order valence-electron chi connectivity index (χ0n) is 18.5. The molecule has 31 heavy (non-hydrogen) atoms. The molecule has 3 aromatic rings. The molecular weight excluding hydrogens is 400 g/mol. The Morgan fingerprint density at radius 1 is 1.23 bits per heavy atom. The van der Waals surface area contributed by atoms with Gasteiger partial charge in [-0.25, -0.2) is 13.8 Å². The van der Waals surface area contributed by atoms with Crippen LogP contribution in [0.5, 0.6) is 0 Å². The Bertz CT molecular complexity index is 1130. The van der Waals surface area contributed by atoms with Crippen molar-refractivity contribution in [2.24, 2.45) is 7.05 Å². The first-order chi connectivity index (χ1) is 14.7. The highest BCUT2D eigenvalue weighted by molar-refractivity contribution is 5.83. The molecule has 1 aromatic carbocycles. The molecule has 1 aliphatic carbocycles. The number of rotatable bonds is 5. The van der Waals surface area contributed by atoms with Crippen LogP contribution in [-0.4, -0.2) is 33.8 Å². The van der Waals surface area contributed by atoms with Gasteiger partial charge in [-0.1, -0.05) is 6.07 Å². The van der Waals surface area contributed by atoms with Crippen molar-refractivity contribution in [1.29, 1.82) is 0 Å². The Hall–Kier alpha value is -2.54. The molecule has 1 saturated carbocycles. The number of ether oxygens (including phenoxy) is 1. The maximum absolute atomic E-state index is 13.7. The van der Waals surface area contributed by atoms with Gasteiger partial charge in [-0.05, 0) is 56.0 Å². The predicted octanol–water partition coefficient (Wildman–Crippen LogP) is 5.21. The van der Waals surface area contributed by atoms with Crippen LogP contribution < -0.4 is 5.56 Å². The summed E-state index contributed by atoms with van der Waals surface area (Å²) in [6.07, 6.45) is 2.51. The lowest BCUT2D eigenvalue weighted by atomic mass is 9.86. The molecule has 0 aliphatic heterocycles. The summed E-state index contributed by atoms with van der Waals surface area (Å²) in [5, 5.41) is 0. The average molecular weight is 430 g/mol. The van der Waals surface area contributed by atoms with Crippen LogP contribution in [0.2, 0.25) is 0 Å². The maximum Gasteiger partial charge on any atom is 0.253 e. The van der Waals surface area contributed by atoms with E-state index in [0.29, 0.717) is 25.0 Å². The molecule has 4 rings (SSSR count). The van der Waals surface area contributed by atoms with Crippen LogP contribution in [0, 0.1) is 6.92 Å². The first-order valence-electron chi connectivity index (χ1n) is 10.8. The van der Waals surface area contributed by atoms with E-state index in [1.807, 2.05) is 31.3 Å². The van der Waals surface area contributed by atoms with Crippen LogP contribution in [0.1, 0.15) is 56.0 Å². The third-order valence-electron chi connectivity index (χ3n) is 6.34. The van der Waals surface area contributed by atoms with E-state index in [9.17, 15) is 13.6 Å². The molecule has 0 saturated heterocycles. The summed E-state index contributed by atoms with van der Waals surface area (Å²) >= 11 is 0. The zero-order valence-corrected chi connectivity index (χ0v) is 18.5. The molecule has 166 valence electrons. The van der Waals surface area contributed by atoms with Gasteiger partial charge >= 0.3 is 0 Å². The Kier molecular flexibility index (Phi) is 5.73. The number of aromatic nitrogens is 3. The van der Waals surface area contributed by atoms with Gasteiger partial charge < -0.3 is 13.9 Å². The van der Waals surface area contributed by atoms with Crippen molar-refractivity contribution in [1.82, 2.24) is 14.1 Å². The molecule has 7 heteroatoms. The molecule has 2 aromatic heterocycles. The van der Waals surface area contributed by atoms with E-state index in [-0.39, 0.29) is 30.4 Å². The number of hydrogen-bond donors (Lipinski definition) is 0. The van der Waals surface area contributed by atoms with Gasteiger partial charge in [-0.2, -0.15) is 0 Å². The number of methoxy groups -OCH3 is 1. The highest BCUT2D eigenvalue weighted by Crippen LogP contribution is 2.42. The fourth-order valence-corrected chi connectivity index (χ4v) is 4.69. The van der Waals surface area contributed by atoms with Crippen molar-refractivity contribution in [2.75, 3.05) is 13.7 Å². The lowest BCUT2D eigenvalue weighted by molar-refractivity contribution is -0.0390. The zero-order chi connectivity index (χ0) is 22.3. The van der Waals surface area contributed by atoms with Crippen LogP contribution in [0.15, 0.2) is 35.3 Å². The second kappa shape index (κ2) is 8.19. The lowest BCUT2D eigenvalue weighted by Gasteiger charge is -2.29. The molecule has 0 unspecified atom stereocenters. The monoisotopic (exact) mass is 429 g/mol. The summed E-state index contributed by atoms with van der Waals surface area (Å²) in [6, 6.07) is 7.96. The Labute approximate surface area is 180 Å². The van der Waals surface area contributed by atoms with Crippen molar-refractivity contribution in [3.8, 4) is 11.1 Å². The molecule has 1 atom stereocenters. The van der Waals surface area contributed by atoms with E-state index >= 15 is 0 Å². The number of nitrogens with zero attached hydrogens (tertiary/aromatic N) is 3. The highest BCUT2D eigenvalue weighted by atomic mass is 19.3. The quantitative estimate of drug-likeness (QED) is 0.559. The van der Waals surface area contributed by atoms with Crippen molar-refractivity contribution < 1.29 is 13.5 Å². The summed E-state index contributed by atoms with van der Waals surface area (Å²) in [5.74, 6) is -1.70. The number of benzene rings is 1. The van der Waals surface area contributed by atoms with Crippen LogP contribution in [0.4, 0.5) is 8.78 Å². The molecule has 1 fully saturated rings. The summed E-state index contributed by atoms with van der Waals surface area (Å²) in [6.45, 7) is 4.38. The molecule has 2 heterocycles. The average Bonchev–Trinajstić information content (AvgIpc) is 3.10. The van der Waals surface area contributed by atoms with Gasteiger partial charge in [0.2, 0.25) is 5.92 Å². The summed E-state index contributed by atoms with van der Waals surface area (Å²) in [4.78, 5) is 17.0. The van der Waals surface area contributed by atoms with Gasteiger partial charge in [0.1, 0.15) is 5.82 Å². The lowest BCUT2D eigenvalue weighted by Crippen LogP contribution is -2.26. The minimum atomic E-state index is -2.57. The molecule has 0 N–H and O–H groups in total. The van der Waals surface area contributed by atoms with E-state index in [1.165, 1.54) is 0 Å². The number of pyridine rings is 1. The SMILES string of the molecule is COC[C@@H](C)n1c(C2CCC(F)(F)CC2)nc2ccc(-c3cc(C)c(=O)n(C)c3)cc21. The molecule has 0 bridgehead atoms. The number of hydrogen-bond acceptors (Lipinski definition) is 3. The van der Waals surface area contributed by atoms with Gasteiger partial charge in [0.05, 0.1) is 23.7 Å². The Morgan fingerprint density at radius 3 is 2.58 bits per heavy atom. The van der Waals surface area contributed by atoms with Crippen molar-refractivity contribution in [3.05, 3.63) is 52.2 Å². The number of aryl methyl sites for hydroxylation is 2. The van der Waals surface area contributed by atoms with Crippen molar-refractivity contribution in [2.45, 2.75) is 57.4 Å². The van der Waals surface area contributed by atoms with E-state index in [4.69, 9.17) is 9.72 Å². The van der Waals surface area contributed by atoms with Crippen molar-refractivity contribution in [3.63, 3.8) is 0 Å². The molecule has 0 radical (unpaired) electrons. The standard InChI is InChI=1S/C24H29F2N3O2/c1-15-11-19(13-28(3)23(15)30)18-5-6-20-21(12-18)29(16(2)14-31-4)22(27-20)17-7-9-24(25,26)10-8-17/h5-6,11-13,16-17H,7-10,14H2,1-4H3/t16-/m1/s1. The molecule has 0 amide bonds. The topological polar surface area (TPSA) is 49.1 Å². The van der Waals surface area contributed by atoms with Gasteiger partial charge in [0, 0.05) is 44.7 Å². The molecule has 1 aliphatic rings. The second-order valence-electron chi connectivity index (χ2n) is 8.81. The summed E-state index contributed by atoms with van der Waals surface area (Å²) < 4.78 is 36.6. The van der Waals surface area contributed by atoms with E-state index in [0.717, 1.165) is 28.0 Å². The second-order valence-corrected chi connectivity index (χ2v) is 8.81. The molecular formula is C24H29F2N3O2. The smallest absolute Gasteiger partial charge is 0.253 e. The predicted molar refractivity (Wildman–Crippen MR) is 118 cm³/mol. The third kappa shape index (κ3) is 4.15. The van der Waals surface area contributed by atoms with E-state index in [2.05, 4.69) is 17.6 Å². The number of halogens is 2.